The topological polar surface area (TPSA) is 87.2 Å². The molecule has 1 heterocycles. The summed E-state index contributed by atoms with van der Waals surface area (Å²) >= 11 is 11.9. The van der Waals surface area contributed by atoms with E-state index in [2.05, 4.69) is 4.98 Å². The molecule has 0 amide bonds. The molecule has 1 atom stereocenters. The van der Waals surface area contributed by atoms with Gasteiger partial charge in [-0.1, -0.05) is 6.92 Å². The number of nitriles is 1. The lowest BCUT2D eigenvalue weighted by atomic mass is 10.2. The Hall–Kier alpha value is -0.970. The number of hydrogen-bond acceptors (Lipinski definition) is 5. The van der Waals surface area contributed by atoms with Crippen LogP contribution < -0.4 is 4.31 Å². The average molecular weight is 338 g/mol. The first kappa shape index (κ1) is 15.4. The van der Waals surface area contributed by atoms with Gasteiger partial charge in [-0.15, -0.1) is 23.2 Å². The molecule has 0 bridgehead atoms. The molecule has 2 rings (SSSR count). The Balaban J connectivity index is 2.29. The summed E-state index contributed by atoms with van der Waals surface area (Å²) in [6.07, 6.45) is 0.400. The van der Waals surface area contributed by atoms with E-state index in [0.29, 0.717) is 6.42 Å². The van der Waals surface area contributed by atoms with Gasteiger partial charge in [0.25, 0.3) is 0 Å². The molecular formula is C11H13Cl2N3O3S. The second-order valence-corrected chi connectivity index (χ2v) is 8.65. The number of hydrogen-bond donors (Lipinski definition) is 0. The van der Waals surface area contributed by atoms with Gasteiger partial charge in [-0.05, 0) is 6.42 Å². The van der Waals surface area contributed by atoms with E-state index in [9.17, 15) is 8.42 Å². The third kappa shape index (κ3) is 2.48. The number of oxazole rings is 1. The molecule has 0 aromatic carbocycles. The zero-order valence-electron chi connectivity index (χ0n) is 11.1. The highest BCUT2D eigenvalue weighted by Crippen LogP contribution is 2.64. The van der Waals surface area contributed by atoms with Crippen molar-refractivity contribution in [3.63, 3.8) is 0 Å². The summed E-state index contributed by atoms with van der Waals surface area (Å²) in [7, 11) is -2.41. The van der Waals surface area contributed by atoms with Crippen molar-refractivity contribution in [1.29, 1.82) is 5.26 Å². The van der Waals surface area contributed by atoms with Crippen molar-refractivity contribution < 1.29 is 12.8 Å². The number of sulfonamides is 1. The predicted molar refractivity (Wildman–Crippen MR) is 75.3 cm³/mol. The minimum absolute atomic E-state index is 0.0717. The second-order valence-electron chi connectivity index (χ2n) is 5.16. The second kappa shape index (κ2) is 4.52. The van der Waals surface area contributed by atoms with E-state index in [1.165, 1.54) is 14.0 Å². The summed E-state index contributed by atoms with van der Waals surface area (Å²) in [5.41, 5.74) is -0.775. The largest absolute Gasteiger partial charge is 0.423 e. The summed E-state index contributed by atoms with van der Waals surface area (Å²) in [6, 6.07) is 1.80. The van der Waals surface area contributed by atoms with Gasteiger partial charge >= 0.3 is 0 Å². The number of rotatable bonds is 4. The molecule has 1 aromatic heterocycles. The Kier molecular flexibility index (Phi) is 3.48. The molecule has 0 aliphatic heterocycles. The molecule has 20 heavy (non-hydrogen) atoms. The predicted octanol–water partition coefficient (Wildman–Crippen LogP) is 2.20. The van der Waals surface area contributed by atoms with Crippen LogP contribution in [0, 0.1) is 23.7 Å². The fourth-order valence-electron chi connectivity index (χ4n) is 1.93. The zero-order valence-corrected chi connectivity index (χ0v) is 13.5. The molecule has 1 aliphatic carbocycles. The van der Waals surface area contributed by atoms with Crippen LogP contribution in [0.2, 0.25) is 0 Å². The Morgan fingerprint density at radius 1 is 1.55 bits per heavy atom. The highest BCUT2D eigenvalue weighted by atomic mass is 35.5. The average Bonchev–Trinajstić information content (AvgIpc) is 2.66. The lowest BCUT2D eigenvalue weighted by Crippen LogP contribution is -2.33. The highest BCUT2D eigenvalue weighted by Gasteiger charge is 2.64. The molecule has 0 radical (unpaired) electrons. The van der Waals surface area contributed by atoms with E-state index in [0.717, 1.165) is 4.31 Å². The third-order valence-electron chi connectivity index (χ3n) is 3.40. The van der Waals surface area contributed by atoms with Gasteiger partial charge in [-0.2, -0.15) is 5.26 Å². The number of aryl methyl sites for hydroxylation is 1. The Bertz CT molecular complexity index is 692. The quantitative estimate of drug-likeness (QED) is 0.786. The molecule has 0 spiro atoms. The zero-order chi connectivity index (χ0) is 15.3. The van der Waals surface area contributed by atoms with Gasteiger partial charge in [0.1, 0.15) is 10.4 Å². The van der Waals surface area contributed by atoms with Gasteiger partial charge in [0.05, 0.1) is 5.75 Å². The first-order valence-electron chi connectivity index (χ1n) is 5.74. The van der Waals surface area contributed by atoms with Crippen LogP contribution in [0.5, 0.6) is 0 Å². The smallest absolute Gasteiger partial charge is 0.247 e. The summed E-state index contributed by atoms with van der Waals surface area (Å²) in [6.45, 7) is 3.24. The van der Waals surface area contributed by atoms with E-state index in [4.69, 9.17) is 32.9 Å². The highest BCUT2D eigenvalue weighted by molar-refractivity contribution is 7.92. The molecule has 1 aliphatic rings. The van der Waals surface area contributed by atoms with Crippen molar-refractivity contribution in [3.8, 4) is 6.07 Å². The van der Waals surface area contributed by atoms with Gasteiger partial charge in [0, 0.05) is 19.4 Å². The van der Waals surface area contributed by atoms with Gasteiger partial charge in [-0.25, -0.2) is 17.7 Å². The Morgan fingerprint density at radius 2 is 2.10 bits per heavy atom. The van der Waals surface area contributed by atoms with Crippen LogP contribution in [-0.4, -0.2) is 30.5 Å². The maximum Gasteiger partial charge on any atom is 0.247 e. The Labute approximate surface area is 127 Å². The number of aromatic nitrogens is 1. The number of alkyl halides is 2. The standard InChI is InChI=1S/C11H13Cl2N3O3S/c1-7-15-8(4-14)9(19-7)16(3)20(17,18)6-10(2)5-11(10,12)13/h5-6H2,1-3H3. The van der Waals surface area contributed by atoms with Crippen LogP contribution in [-0.2, 0) is 10.0 Å². The molecule has 1 aromatic rings. The molecule has 9 heteroatoms. The van der Waals surface area contributed by atoms with Crippen LogP contribution >= 0.6 is 23.2 Å². The van der Waals surface area contributed by atoms with Gasteiger partial charge in [-0.3, -0.25) is 0 Å². The van der Waals surface area contributed by atoms with E-state index < -0.39 is 19.8 Å². The Morgan fingerprint density at radius 3 is 2.55 bits per heavy atom. The van der Waals surface area contributed by atoms with Crippen molar-refractivity contribution in [2.45, 2.75) is 24.6 Å². The van der Waals surface area contributed by atoms with E-state index >= 15 is 0 Å². The van der Waals surface area contributed by atoms with Crippen molar-refractivity contribution >= 4 is 39.1 Å². The molecule has 0 N–H and O–H groups in total. The fourth-order valence-corrected chi connectivity index (χ4v) is 4.54. The first-order chi connectivity index (χ1) is 9.02. The van der Waals surface area contributed by atoms with Crippen LogP contribution in [0.15, 0.2) is 4.42 Å². The van der Waals surface area contributed by atoms with Crippen molar-refractivity contribution in [2.75, 3.05) is 17.1 Å². The van der Waals surface area contributed by atoms with E-state index in [1.54, 1.807) is 13.0 Å². The maximum absolute atomic E-state index is 12.4. The molecule has 1 fully saturated rings. The minimum atomic E-state index is -3.72. The number of nitrogens with zero attached hydrogens (tertiary/aromatic N) is 3. The third-order valence-corrected chi connectivity index (χ3v) is 6.58. The van der Waals surface area contributed by atoms with Gasteiger partial charge in [0.2, 0.25) is 21.6 Å². The summed E-state index contributed by atoms with van der Waals surface area (Å²) in [4.78, 5) is 3.82. The van der Waals surface area contributed by atoms with E-state index in [-0.39, 0.29) is 23.2 Å². The maximum atomic E-state index is 12.4. The fraction of sp³-hybridized carbons (Fsp3) is 0.636. The molecule has 0 saturated heterocycles. The van der Waals surface area contributed by atoms with Crippen LogP contribution in [0.1, 0.15) is 24.9 Å². The lowest BCUT2D eigenvalue weighted by molar-refractivity contribution is 0.519. The van der Waals surface area contributed by atoms with Crippen LogP contribution in [0.25, 0.3) is 0 Å². The summed E-state index contributed by atoms with van der Waals surface area (Å²) in [5.74, 6) is -0.0991. The van der Waals surface area contributed by atoms with Crippen LogP contribution in [0.3, 0.4) is 0 Å². The molecule has 110 valence electrons. The van der Waals surface area contributed by atoms with Crippen LogP contribution in [0.4, 0.5) is 5.88 Å². The first-order valence-corrected chi connectivity index (χ1v) is 8.11. The molecule has 1 saturated carbocycles. The van der Waals surface area contributed by atoms with Gasteiger partial charge < -0.3 is 4.42 Å². The number of halogens is 2. The number of anilines is 1. The van der Waals surface area contributed by atoms with E-state index in [1.807, 2.05) is 0 Å². The minimum Gasteiger partial charge on any atom is -0.423 e. The SMILES string of the molecule is Cc1nc(C#N)c(N(C)S(=O)(=O)CC2(C)CC2(Cl)Cl)o1. The van der Waals surface area contributed by atoms with Crippen molar-refractivity contribution in [3.05, 3.63) is 11.6 Å². The normalized spacial score (nSPS) is 24.2. The molecular weight excluding hydrogens is 325 g/mol. The van der Waals surface area contributed by atoms with Crippen molar-refractivity contribution in [2.24, 2.45) is 5.41 Å². The molecule has 1 unspecified atom stereocenters. The summed E-state index contributed by atoms with van der Waals surface area (Å²) < 4.78 is 29.8. The van der Waals surface area contributed by atoms with Gasteiger partial charge in [0.15, 0.2) is 5.89 Å². The monoisotopic (exact) mass is 337 g/mol. The summed E-state index contributed by atoms with van der Waals surface area (Å²) in [5, 5.41) is 8.94. The lowest BCUT2D eigenvalue weighted by Gasteiger charge is -2.20. The van der Waals surface area contributed by atoms with Crippen molar-refractivity contribution in [1.82, 2.24) is 4.98 Å². The molecule has 6 nitrogen and oxygen atoms in total.